The molecule has 0 aromatic rings. The number of likely N-dealkylation sites (N-methyl/N-ethyl adjacent to an activating group) is 1. The fourth-order valence-electron chi connectivity index (χ4n) is 3.64. The standard InChI is InChI=1S/C15H29N3O/c1-12-9-18(10-13(2)17(12)3)14(19)15(11-16)7-5-4-6-8-15/h12-13H,4-11,16H2,1-3H3. The van der Waals surface area contributed by atoms with E-state index in [1.807, 2.05) is 0 Å². The molecule has 0 aromatic carbocycles. The Kier molecular flexibility index (Phi) is 4.51. The number of nitrogens with zero attached hydrogens (tertiary/aromatic N) is 2. The SMILES string of the molecule is CC1CN(C(=O)C2(CN)CCCCC2)CC(C)N1C. The zero-order valence-electron chi connectivity index (χ0n) is 12.7. The largest absolute Gasteiger partial charge is 0.339 e. The summed E-state index contributed by atoms with van der Waals surface area (Å²) in [6, 6.07) is 0.872. The monoisotopic (exact) mass is 267 g/mol. The Labute approximate surface area is 117 Å². The van der Waals surface area contributed by atoms with E-state index < -0.39 is 0 Å². The summed E-state index contributed by atoms with van der Waals surface area (Å²) in [6.07, 6.45) is 5.53. The first-order valence-electron chi connectivity index (χ1n) is 7.71. The lowest BCUT2D eigenvalue weighted by molar-refractivity contribution is -0.147. The number of carbonyl (C=O) groups excluding carboxylic acids is 1. The molecule has 2 aliphatic rings. The van der Waals surface area contributed by atoms with Crippen LogP contribution in [0.4, 0.5) is 0 Å². The summed E-state index contributed by atoms with van der Waals surface area (Å²) in [4.78, 5) is 17.4. The van der Waals surface area contributed by atoms with Gasteiger partial charge in [-0.1, -0.05) is 19.3 Å². The molecule has 2 N–H and O–H groups in total. The van der Waals surface area contributed by atoms with E-state index in [4.69, 9.17) is 5.73 Å². The molecule has 4 heteroatoms. The van der Waals surface area contributed by atoms with Gasteiger partial charge in [0.25, 0.3) is 0 Å². The van der Waals surface area contributed by atoms with Gasteiger partial charge in [0.05, 0.1) is 5.41 Å². The first-order valence-corrected chi connectivity index (χ1v) is 7.71. The number of piperazine rings is 1. The van der Waals surface area contributed by atoms with Crippen LogP contribution in [0.3, 0.4) is 0 Å². The quantitative estimate of drug-likeness (QED) is 0.824. The summed E-state index contributed by atoms with van der Waals surface area (Å²) in [5.41, 5.74) is 5.73. The fraction of sp³-hybridized carbons (Fsp3) is 0.933. The summed E-state index contributed by atoms with van der Waals surface area (Å²) in [5, 5.41) is 0. The van der Waals surface area contributed by atoms with Crippen LogP contribution < -0.4 is 5.73 Å². The van der Waals surface area contributed by atoms with Crippen LogP contribution in [0.2, 0.25) is 0 Å². The van der Waals surface area contributed by atoms with Crippen molar-refractivity contribution in [3.05, 3.63) is 0 Å². The van der Waals surface area contributed by atoms with E-state index in [2.05, 4.69) is 30.7 Å². The van der Waals surface area contributed by atoms with Gasteiger partial charge in [0, 0.05) is 31.7 Å². The minimum Gasteiger partial charge on any atom is -0.339 e. The third-order valence-corrected chi connectivity index (χ3v) is 5.30. The van der Waals surface area contributed by atoms with Crippen molar-refractivity contribution in [1.82, 2.24) is 9.80 Å². The van der Waals surface area contributed by atoms with Gasteiger partial charge in [0.1, 0.15) is 0 Å². The van der Waals surface area contributed by atoms with Crippen LogP contribution in [0.25, 0.3) is 0 Å². The highest BCUT2D eigenvalue weighted by Crippen LogP contribution is 2.37. The van der Waals surface area contributed by atoms with Gasteiger partial charge in [0.15, 0.2) is 0 Å². The van der Waals surface area contributed by atoms with Crippen molar-refractivity contribution in [1.29, 1.82) is 0 Å². The molecular weight excluding hydrogens is 238 g/mol. The van der Waals surface area contributed by atoms with Gasteiger partial charge in [-0.2, -0.15) is 0 Å². The van der Waals surface area contributed by atoms with Crippen molar-refractivity contribution < 1.29 is 4.79 Å². The van der Waals surface area contributed by atoms with Gasteiger partial charge < -0.3 is 10.6 Å². The summed E-state index contributed by atoms with van der Waals surface area (Å²) in [6.45, 7) is 6.61. The van der Waals surface area contributed by atoms with Crippen molar-refractivity contribution in [2.75, 3.05) is 26.7 Å². The van der Waals surface area contributed by atoms with Gasteiger partial charge in [0.2, 0.25) is 5.91 Å². The molecule has 2 fully saturated rings. The maximum absolute atomic E-state index is 12.9. The lowest BCUT2D eigenvalue weighted by Crippen LogP contribution is -2.60. The lowest BCUT2D eigenvalue weighted by atomic mass is 9.73. The third-order valence-electron chi connectivity index (χ3n) is 5.30. The van der Waals surface area contributed by atoms with Gasteiger partial charge in [-0.15, -0.1) is 0 Å². The molecule has 1 aliphatic carbocycles. The average molecular weight is 267 g/mol. The minimum absolute atomic E-state index is 0.256. The molecule has 1 saturated carbocycles. The predicted octanol–water partition coefficient (Wildman–Crippen LogP) is 1.45. The molecule has 0 bridgehead atoms. The Hall–Kier alpha value is -0.610. The molecule has 1 saturated heterocycles. The molecule has 19 heavy (non-hydrogen) atoms. The first kappa shape index (κ1) is 14.8. The van der Waals surface area contributed by atoms with Crippen molar-refractivity contribution in [3.63, 3.8) is 0 Å². The maximum Gasteiger partial charge on any atom is 0.230 e. The van der Waals surface area contributed by atoms with E-state index in [0.29, 0.717) is 24.5 Å². The molecule has 4 nitrogen and oxygen atoms in total. The van der Waals surface area contributed by atoms with Gasteiger partial charge in [-0.25, -0.2) is 0 Å². The highest BCUT2D eigenvalue weighted by molar-refractivity contribution is 5.83. The number of amides is 1. The van der Waals surface area contributed by atoms with Crippen LogP contribution in [-0.4, -0.2) is 54.5 Å². The van der Waals surface area contributed by atoms with Crippen molar-refractivity contribution in [3.8, 4) is 0 Å². The molecule has 110 valence electrons. The molecule has 0 spiro atoms. The second-order valence-corrected chi connectivity index (χ2v) is 6.62. The molecular formula is C15H29N3O. The van der Waals surface area contributed by atoms with E-state index in [0.717, 1.165) is 38.8 Å². The Morgan fingerprint density at radius 1 is 1.16 bits per heavy atom. The number of hydrogen-bond acceptors (Lipinski definition) is 3. The van der Waals surface area contributed by atoms with Crippen LogP contribution >= 0.6 is 0 Å². The van der Waals surface area contributed by atoms with E-state index in [-0.39, 0.29) is 5.41 Å². The molecule has 0 aromatic heterocycles. The maximum atomic E-state index is 12.9. The van der Waals surface area contributed by atoms with E-state index in [1.54, 1.807) is 0 Å². The minimum atomic E-state index is -0.256. The molecule has 0 radical (unpaired) electrons. The van der Waals surface area contributed by atoms with Gasteiger partial charge in [-0.3, -0.25) is 9.69 Å². The van der Waals surface area contributed by atoms with Crippen LogP contribution in [0.5, 0.6) is 0 Å². The van der Waals surface area contributed by atoms with Crippen molar-refractivity contribution in [2.24, 2.45) is 11.1 Å². The average Bonchev–Trinajstić information content (AvgIpc) is 2.44. The summed E-state index contributed by atoms with van der Waals surface area (Å²) in [7, 11) is 2.15. The van der Waals surface area contributed by atoms with Crippen LogP contribution in [-0.2, 0) is 4.79 Å². The Bertz CT molecular complexity index is 313. The molecule has 2 unspecified atom stereocenters. The molecule has 1 heterocycles. The normalized spacial score (nSPS) is 32.3. The molecule has 2 atom stereocenters. The Balaban J connectivity index is 2.09. The zero-order chi connectivity index (χ0) is 14.0. The summed E-state index contributed by atoms with van der Waals surface area (Å²) < 4.78 is 0. The predicted molar refractivity (Wildman–Crippen MR) is 77.8 cm³/mol. The number of nitrogens with two attached hydrogens (primary N) is 1. The second-order valence-electron chi connectivity index (χ2n) is 6.62. The van der Waals surface area contributed by atoms with Crippen molar-refractivity contribution >= 4 is 5.91 Å². The van der Waals surface area contributed by atoms with Crippen LogP contribution in [0.15, 0.2) is 0 Å². The van der Waals surface area contributed by atoms with Crippen LogP contribution in [0, 0.1) is 5.41 Å². The zero-order valence-corrected chi connectivity index (χ0v) is 12.7. The second kappa shape index (κ2) is 5.80. The third kappa shape index (κ3) is 2.79. The lowest BCUT2D eigenvalue weighted by Gasteiger charge is -2.46. The topological polar surface area (TPSA) is 49.6 Å². The smallest absolute Gasteiger partial charge is 0.230 e. The number of rotatable bonds is 2. The molecule has 1 amide bonds. The first-order chi connectivity index (χ1) is 9.00. The van der Waals surface area contributed by atoms with E-state index in [9.17, 15) is 4.79 Å². The fourth-order valence-corrected chi connectivity index (χ4v) is 3.64. The molecule has 2 rings (SSSR count). The van der Waals surface area contributed by atoms with Crippen LogP contribution in [0.1, 0.15) is 46.0 Å². The highest BCUT2D eigenvalue weighted by atomic mass is 16.2. The van der Waals surface area contributed by atoms with E-state index in [1.165, 1.54) is 6.42 Å². The Morgan fingerprint density at radius 2 is 1.68 bits per heavy atom. The molecule has 1 aliphatic heterocycles. The van der Waals surface area contributed by atoms with E-state index >= 15 is 0 Å². The number of hydrogen-bond donors (Lipinski definition) is 1. The van der Waals surface area contributed by atoms with Gasteiger partial charge in [-0.05, 0) is 33.7 Å². The summed E-state index contributed by atoms with van der Waals surface area (Å²) in [5.74, 6) is 0.321. The number of carbonyl (C=O) groups is 1. The van der Waals surface area contributed by atoms with Gasteiger partial charge >= 0.3 is 0 Å². The highest BCUT2D eigenvalue weighted by Gasteiger charge is 2.42. The van der Waals surface area contributed by atoms with Crippen molar-refractivity contribution in [2.45, 2.75) is 58.0 Å². The Morgan fingerprint density at radius 3 is 2.16 bits per heavy atom. The summed E-state index contributed by atoms with van der Waals surface area (Å²) >= 11 is 0.